The molecule has 0 aliphatic rings. The second-order valence-electron chi connectivity index (χ2n) is 18.3. The number of nitrogens with zero attached hydrogens (tertiary/aromatic N) is 4. The van der Waals surface area contributed by atoms with Crippen LogP contribution in [0.25, 0.3) is 72.3 Å². The number of benzene rings is 7. The Morgan fingerprint density at radius 1 is 0.636 bits per heavy atom. The van der Waals surface area contributed by atoms with E-state index in [9.17, 15) is 0 Å². The first-order valence-corrected chi connectivity index (χ1v) is 22.4. The summed E-state index contributed by atoms with van der Waals surface area (Å²) in [6.07, 6.45) is 2.48. The SMILES string of the molecule is [2H]C([2H])(c1cccc(-c2cccc(-c3cccc(C([2H])([2H])C(C)C)c3)c2-[n+]2[c-]n(-c3[c-]c(Oc4[c-]c5c(cc4)c4ccccc4n5-c4cc(C(C)(C)C)ccn4)ccc3)c3ccccc32)c1)C(C)C.[Pt]. The molecule has 0 fully saturated rings. The number of pyridine rings is 1. The fraction of sp³-hybridized carbons (Fsp3) is 0.200. The molecular weight excluding hydrogens is 988 g/mol. The topological polar surface area (TPSA) is 35.9 Å². The predicted molar refractivity (Wildman–Crippen MR) is 267 cm³/mol. The molecule has 0 unspecified atom stereocenters. The van der Waals surface area contributed by atoms with E-state index in [0.29, 0.717) is 28.3 Å². The van der Waals surface area contributed by atoms with E-state index in [2.05, 4.69) is 109 Å². The van der Waals surface area contributed by atoms with Gasteiger partial charge in [-0.1, -0.05) is 163 Å². The van der Waals surface area contributed by atoms with Crippen molar-refractivity contribution in [1.82, 2.24) is 14.1 Å². The summed E-state index contributed by atoms with van der Waals surface area (Å²) >= 11 is 0. The monoisotopic (exact) mass is 1050 g/mol. The zero-order valence-corrected chi connectivity index (χ0v) is 40.5. The molecule has 0 spiro atoms. The van der Waals surface area contributed by atoms with Gasteiger partial charge in [0.1, 0.15) is 5.82 Å². The van der Waals surface area contributed by atoms with Crippen LogP contribution in [0, 0.1) is 30.3 Å². The first-order valence-electron chi connectivity index (χ1n) is 24.4. The van der Waals surface area contributed by atoms with Gasteiger partial charge in [-0.05, 0) is 98.2 Å². The van der Waals surface area contributed by atoms with Crippen LogP contribution < -0.4 is 9.30 Å². The van der Waals surface area contributed by atoms with Gasteiger partial charge in [0.05, 0.1) is 16.7 Å². The van der Waals surface area contributed by atoms with Crippen LogP contribution in [0.2, 0.25) is 0 Å². The number of para-hydroxylation sites is 4. The summed E-state index contributed by atoms with van der Waals surface area (Å²) in [5, 5.41) is 2.15. The van der Waals surface area contributed by atoms with Crippen LogP contribution in [0.3, 0.4) is 0 Å². The Morgan fingerprint density at radius 3 is 1.94 bits per heavy atom. The molecule has 0 N–H and O–H groups in total. The molecule has 5 nitrogen and oxygen atoms in total. The molecule has 0 aliphatic heterocycles. The molecule has 0 amide bonds. The summed E-state index contributed by atoms with van der Waals surface area (Å²) in [7, 11) is 0. The van der Waals surface area contributed by atoms with Crippen molar-refractivity contribution in [2.75, 3.05) is 0 Å². The largest absolute Gasteiger partial charge is 0.510 e. The van der Waals surface area contributed by atoms with Gasteiger partial charge in [-0.2, -0.15) is 18.2 Å². The maximum atomic E-state index is 9.01. The van der Waals surface area contributed by atoms with Crippen molar-refractivity contribution in [1.29, 1.82) is 0 Å². The molecule has 0 aliphatic carbocycles. The van der Waals surface area contributed by atoms with E-state index >= 15 is 0 Å². The molecule has 10 rings (SSSR count). The standard InChI is InChI=1S/C60H54N4O.Pt/c1-40(2)32-42-16-12-18-44(34-42)50-23-15-24-51(45-19-13-17-43(35-45)33-41(3)4)59(50)63-39-62(55-26-10-11-27-56(55)63)47-20-14-21-48(37-47)65-49-28-29-53-52-22-8-9-25-54(52)64(57(53)38-49)58-36-46(30-31-61-58)60(5,6)7;/h8-31,34-36,40-41H,32-33H2,1-7H3;/q-2;/i32D2,33D2;. The van der Waals surface area contributed by atoms with E-state index < -0.39 is 12.7 Å². The molecule has 0 saturated carbocycles. The minimum atomic E-state index is -1.56. The van der Waals surface area contributed by atoms with Gasteiger partial charge in [0.2, 0.25) is 0 Å². The molecule has 3 heterocycles. The summed E-state index contributed by atoms with van der Waals surface area (Å²) in [5.74, 6) is 1.38. The zero-order chi connectivity index (χ0) is 48.4. The van der Waals surface area contributed by atoms with Crippen LogP contribution in [-0.4, -0.2) is 14.1 Å². The summed E-state index contributed by atoms with van der Waals surface area (Å²) in [6, 6.07) is 59.4. The Hall–Kier alpha value is -6.55. The Morgan fingerprint density at radius 2 is 1.26 bits per heavy atom. The summed E-state index contributed by atoms with van der Waals surface area (Å²) in [4.78, 5) is 4.85. The van der Waals surface area contributed by atoms with E-state index in [0.717, 1.165) is 66.6 Å². The van der Waals surface area contributed by atoms with Crippen molar-refractivity contribution in [3.05, 3.63) is 199 Å². The average molecular weight is 1050 g/mol. The van der Waals surface area contributed by atoms with Gasteiger partial charge in [-0.3, -0.25) is 4.57 Å². The Kier molecular flexibility index (Phi) is 11.1. The molecule has 0 atom stereocenters. The minimum Gasteiger partial charge on any atom is -0.510 e. The maximum absolute atomic E-state index is 9.01. The molecule has 3 aromatic heterocycles. The quantitative estimate of drug-likeness (QED) is 0.0956. The third-order valence-electron chi connectivity index (χ3n) is 11.7. The average Bonchev–Trinajstić information content (AvgIpc) is 3.89. The first kappa shape index (κ1) is 39.8. The Balaban J connectivity index is 0.00000608. The van der Waals surface area contributed by atoms with E-state index in [1.807, 2.05) is 136 Å². The fourth-order valence-corrected chi connectivity index (χ4v) is 8.80. The van der Waals surface area contributed by atoms with Gasteiger partial charge in [-0.25, -0.2) is 4.98 Å². The number of hydrogen-bond donors (Lipinski definition) is 0. The van der Waals surface area contributed by atoms with Crippen LogP contribution in [0.1, 0.15) is 70.6 Å². The van der Waals surface area contributed by atoms with Gasteiger partial charge >= 0.3 is 0 Å². The molecule has 0 bridgehead atoms. The van der Waals surface area contributed by atoms with Crippen molar-refractivity contribution in [2.24, 2.45) is 11.8 Å². The van der Waals surface area contributed by atoms with E-state index in [4.69, 9.17) is 15.2 Å². The van der Waals surface area contributed by atoms with E-state index in [1.54, 1.807) is 0 Å². The third kappa shape index (κ3) is 8.77. The minimum absolute atomic E-state index is 0. The van der Waals surface area contributed by atoms with Crippen LogP contribution in [0.4, 0.5) is 0 Å². The van der Waals surface area contributed by atoms with Crippen LogP contribution in [0.5, 0.6) is 11.5 Å². The molecule has 332 valence electrons. The van der Waals surface area contributed by atoms with Gasteiger partial charge < -0.3 is 13.9 Å². The van der Waals surface area contributed by atoms with Crippen LogP contribution in [0.15, 0.2) is 164 Å². The Labute approximate surface area is 409 Å². The number of fused-ring (bicyclic) bond motifs is 4. The van der Waals surface area contributed by atoms with Crippen molar-refractivity contribution in [3.8, 4) is 50.9 Å². The number of aromatic nitrogens is 4. The number of hydrogen-bond acceptors (Lipinski definition) is 2. The molecular formula is C60H54N4OPt-2. The number of ether oxygens (including phenoxy) is 1. The van der Waals surface area contributed by atoms with Crippen molar-refractivity contribution < 1.29 is 35.9 Å². The normalized spacial score (nSPS) is 13.2. The second-order valence-corrected chi connectivity index (χ2v) is 18.3. The van der Waals surface area contributed by atoms with Crippen LogP contribution >= 0.6 is 0 Å². The number of rotatable bonds is 11. The summed E-state index contributed by atoms with van der Waals surface area (Å²) in [5.41, 5.74) is 11.0. The Bertz CT molecular complexity index is 3480. The zero-order valence-electron chi connectivity index (χ0n) is 42.3. The van der Waals surface area contributed by atoms with Gasteiger partial charge in [0.25, 0.3) is 6.33 Å². The first-order chi connectivity index (χ1) is 33.0. The molecule has 0 radical (unpaired) electrons. The number of imidazole rings is 1. The van der Waals surface area contributed by atoms with E-state index in [-0.39, 0.29) is 38.3 Å². The predicted octanol–water partition coefficient (Wildman–Crippen LogP) is 14.6. The molecule has 6 heteroatoms. The van der Waals surface area contributed by atoms with E-state index in [1.165, 1.54) is 5.56 Å². The van der Waals surface area contributed by atoms with Crippen LogP contribution in [-0.2, 0) is 39.2 Å². The summed E-state index contributed by atoms with van der Waals surface area (Å²) < 4.78 is 48.9. The smallest absolute Gasteiger partial charge is 0.268 e. The molecule has 7 aromatic carbocycles. The molecule has 10 aromatic rings. The molecule has 66 heavy (non-hydrogen) atoms. The van der Waals surface area contributed by atoms with Crippen molar-refractivity contribution in [2.45, 2.75) is 66.6 Å². The van der Waals surface area contributed by atoms with Gasteiger partial charge in [0.15, 0.2) is 0 Å². The fourth-order valence-electron chi connectivity index (χ4n) is 8.80. The van der Waals surface area contributed by atoms with Crippen molar-refractivity contribution in [3.63, 3.8) is 0 Å². The van der Waals surface area contributed by atoms with Gasteiger partial charge in [-0.15, -0.1) is 29.7 Å². The second kappa shape index (κ2) is 18.4. The maximum Gasteiger partial charge on any atom is 0.268 e. The molecule has 0 saturated heterocycles. The summed E-state index contributed by atoms with van der Waals surface area (Å²) in [6.45, 7) is 14.2. The van der Waals surface area contributed by atoms with Gasteiger partial charge in [0, 0.05) is 49.8 Å². The third-order valence-corrected chi connectivity index (χ3v) is 11.7. The van der Waals surface area contributed by atoms with Crippen molar-refractivity contribution >= 4 is 32.8 Å².